The van der Waals surface area contributed by atoms with Crippen molar-refractivity contribution in [3.8, 4) is 5.75 Å². The van der Waals surface area contributed by atoms with E-state index in [9.17, 15) is 9.50 Å². The normalized spacial score (nSPS) is 13.8. The lowest BCUT2D eigenvalue weighted by molar-refractivity contribution is 0.127. The van der Waals surface area contributed by atoms with Crippen molar-refractivity contribution in [1.29, 1.82) is 0 Å². The van der Waals surface area contributed by atoms with E-state index in [-0.39, 0.29) is 18.2 Å². The van der Waals surface area contributed by atoms with Crippen LogP contribution in [-0.4, -0.2) is 18.3 Å². The van der Waals surface area contributed by atoms with E-state index in [0.29, 0.717) is 23.7 Å². The van der Waals surface area contributed by atoms with Gasteiger partial charge in [0.05, 0.1) is 19.3 Å². The van der Waals surface area contributed by atoms with Crippen molar-refractivity contribution in [1.82, 2.24) is 0 Å². The average molecular weight is 292 g/mol. The summed E-state index contributed by atoms with van der Waals surface area (Å²) in [5, 5.41) is 10.0. The Morgan fingerprint density at radius 2 is 1.95 bits per heavy atom. The molecule has 0 aliphatic rings. The highest BCUT2D eigenvalue weighted by atomic mass is 35.5. The Kier molecular flexibility index (Phi) is 7.99. The molecule has 3 nitrogen and oxygen atoms in total. The molecule has 0 aliphatic heterocycles. The Hall–Kier alpha value is -0.840. The minimum Gasteiger partial charge on any atom is -0.496 e. The van der Waals surface area contributed by atoms with Crippen LogP contribution in [0.5, 0.6) is 5.75 Å². The second-order valence-corrected chi connectivity index (χ2v) is 4.95. The average Bonchev–Trinajstić information content (AvgIpc) is 2.34. The highest BCUT2D eigenvalue weighted by molar-refractivity contribution is 5.85. The number of benzene rings is 1. The van der Waals surface area contributed by atoms with E-state index in [4.69, 9.17) is 10.5 Å². The maximum Gasteiger partial charge on any atom is 0.126 e. The molecule has 0 unspecified atom stereocenters. The predicted octanol–water partition coefficient (Wildman–Crippen LogP) is 3.05. The number of ether oxygens (including phenoxy) is 1. The molecule has 2 atom stereocenters. The lowest BCUT2D eigenvalue weighted by Crippen LogP contribution is -2.27. The van der Waals surface area contributed by atoms with Gasteiger partial charge in [0.1, 0.15) is 11.6 Å². The van der Waals surface area contributed by atoms with Gasteiger partial charge in [-0.2, -0.15) is 0 Å². The summed E-state index contributed by atoms with van der Waals surface area (Å²) >= 11 is 0. The molecule has 0 saturated heterocycles. The zero-order valence-corrected chi connectivity index (χ0v) is 12.4. The number of hydrogen-bond acceptors (Lipinski definition) is 3. The molecule has 110 valence electrons. The first-order chi connectivity index (χ1) is 8.45. The first-order valence-corrected chi connectivity index (χ1v) is 6.22. The van der Waals surface area contributed by atoms with E-state index in [0.717, 1.165) is 6.42 Å². The Bertz CT molecular complexity index is 388. The van der Waals surface area contributed by atoms with Crippen molar-refractivity contribution in [2.24, 2.45) is 11.7 Å². The third kappa shape index (κ3) is 5.35. The van der Waals surface area contributed by atoms with Gasteiger partial charge in [0.15, 0.2) is 0 Å². The van der Waals surface area contributed by atoms with Crippen LogP contribution in [0, 0.1) is 11.7 Å². The van der Waals surface area contributed by atoms with E-state index >= 15 is 0 Å². The molecule has 0 aliphatic carbocycles. The van der Waals surface area contributed by atoms with Crippen molar-refractivity contribution < 1.29 is 14.2 Å². The maximum absolute atomic E-state index is 13.1. The van der Waals surface area contributed by atoms with Gasteiger partial charge in [-0.25, -0.2) is 4.39 Å². The number of halogens is 2. The van der Waals surface area contributed by atoms with E-state index in [1.54, 1.807) is 6.07 Å². The lowest BCUT2D eigenvalue weighted by Gasteiger charge is -2.21. The fourth-order valence-electron chi connectivity index (χ4n) is 1.85. The largest absolute Gasteiger partial charge is 0.496 e. The number of rotatable bonds is 6. The number of methoxy groups -OCH3 is 1. The number of hydrogen-bond donors (Lipinski definition) is 2. The molecule has 0 fully saturated rings. The van der Waals surface area contributed by atoms with Crippen molar-refractivity contribution in [3.05, 3.63) is 29.6 Å². The summed E-state index contributed by atoms with van der Waals surface area (Å²) in [6.45, 7) is 4.19. The van der Waals surface area contributed by atoms with Gasteiger partial charge in [-0.1, -0.05) is 19.9 Å². The zero-order valence-electron chi connectivity index (χ0n) is 11.6. The third-order valence-electron chi connectivity index (χ3n) is 3.01. The van der Waals surface area contributed by atoms with Crippen LogP contribution in [0.15, 0.2) is 18.2 Å². The van der Waals surface area contributed by atoms with Crippen molar-refractivity contribution in [2.75, 3.05) is 7.11 Å². The van der Waals surface area contributed by atoms with Gasteiger partial charge in [-0.3, -0.25) is 0 Å². The monoisotopic (exact) mass is 291 g/mol. The quantitative estimate of drug-likeness (QED) is 0.847. The summed E-state index contributed by atoms with van der Waals surface area (Å²) in [6, 6.07) is 3.62. The molecule has 19 heavy (non-hydrogen) atoms. The van der Waals surface area contributed by atoms with Crippen LogP contribution in [0.25, 0.3) is 0 Å². The molecule has 0 aromatic heterocycles. The van der Waals surface area contributed by atoms with Gasteiger partial charge < -0.3 is 15.6 Å². The molecular weight excluding hydrogens is 269 g/mol. The van der Waals surface area contributed by atoms with Crippen LogP contribution >= 0.6 is 12.4 Å². The van der Waals surface area contributed by atoms with Crippen molar-refractivity contribution in [3.63, 3.8) is 0 Å². The molecule has 1 aromatic carbocycles. The third-order valence-corrected chi connectivity index (χ3v) is 3.01. The Labute approximate surface area is 120 Å². The number of aliphatic hydroxyl groups is 1. The molecule has 1 rings (SSSR count). The van der Waals surface area contributed by atoms with Gasteiger partial charge >= 0.3 is 0 Å². The lowest BCUT2D eigenvalue weighted by atomic mass is 9.95. The van der Waals surface area contributed by atoms with Crippen LogP contribution in [0.3, 0.4) is 0 Å². The topological polar surface area (TPSA) is 55.5 Å². The molecule has 0 saturated carbocycles. The fraction of sp³-hybridized carbons (Fsp3) is 0.571. The summed E-state index contributed by atoms with van der Waals surface area (Å²) in [5.41, 5.74) is 6.63. The summed E-state index contributed by atoms with van der Waals surface area (Å²) in [4.78, 5) is 0. The summed E-state index contributed by atoms with van der Waals surface area (Å²) in [5.74, 6) is 0.521. The highest BCUT2D eigenvalue weighted by Gasteiger charge is 2.20. The molecular formula is C14H23ClFNO2. The second kappa shape index (κ2) is 8.35. The minimum absolute atomic E-state index is 0. The SMILES string of the molecule is COc1cc(F)ccc1[C@@H](N)[C@@H](O)CCC(C)C.Cl. The first kappa shape index (κ1) is 18.2. The Balaban J connectivity index is 0.00000324. The Morgan fingerprint density at radius 3 is 2.47 bits per heavy atom. The number of nitrogens with two attached hydrogens (primary N) is 1. The summed E-state index contributed by atoms with van der Waals surface area (Å²) in [7, 11) is 1.46. The highest BCUT2D eigenvalue weighted by Crippen LogP contribution is 2.28. The van der Waals surface area contributed by atoms with Crippen LogP contribution < -0.4 is 10.5 Å². The van der Waals surface area contributed by atoms with Gasteiger partial charge in [0.2, 0.25) is 0 Å². The van der Waals surface area contributed by atoms with Crippen LogP contribution in [0.2, 0.25) is 0 Å². The van der Waals surface area contributed by atoms with Crippen LogP contribution in [0.1, 0.15) is 38.3 Å². The van der Waals surface area contributed by atoms with Crippen LogP contribution in [0.4, 0.5) is 4.39 Å². The molecule has 0 heterocycles. The maximum atomic E-state index is 13.1. The van der Waals surface area contributed by atoms with Gasteiger partial charge in [0.25, 0.3) is 0 Å². The predicted molar refractivity (Wildman–Crippen MR) is 77.2 cm³/mol. The van der Waals surface area contributed by atoms with Crippen molar-refractivity contribution in [2.45, 2.75) is 38.8 Å². The van der Waals surface area contributed by atoms with E-state index in [1.807, 2.05) is 0 Å². The van der Waals surface area contributed by atoms with E-state index < -0.39 is 12.1 Å². The summed E-state index contributed by atoms with van der Waals surface area (Å²) < 4.78 is 18.2. The molecule has 0 radical (unpaired) electrons. The van der Waals surface area contributed by atoms with Gasteiger partial charge in [-0.15, -0.1) is 12.4 Å². The molecule has 1 aromatic rings. The second-order valence-electron chi connectivity index (χ2n) is 4.95. The molecule has 0 bridgehead atoms. The summed E-state index contributed by atoms with van der Waals surface area (Å²) in [6.07, 6.45) is 0.879. The molecule has 0 spiro atoms. The standard InChI is InChI=1S/C14H22FNO2.ClH/c1-9(2)4-7-12(17)14(16)11-6-5-10(15)8-13(11)18-3;/h5-6,8-9,12,14,17H,4,7,16H2,1-3H3;1H/t12-,14+;/m0./s1. The van der Waals surface area contributed by atoms with E-state index in [2.05, 4.69) is 13.8 Å². The smallest absolute Gasteiger partial charge is 0.126 e. The van der Waals surface area contributed by atoms with Crippen LogP contribution in [-0.2, 0) is 0 Å². The molecule has 5 heteroatoms. The molecule has 0 amide bonds. The van der Waals surface area contributed by atoms with Crippen molar-refractivity contribution >= 4 is 12.4 Å². The zero-order chi connectivity index (χ0) is 13.7. The minimum atomic E-state index is -0.647. The first-order valence-electron chi connectivity index (χ1n) is 6.22. The van der Waals surface area contributed by atoms with Gasteiger partial charge in [-0.05, 0) is 24.8 Å². The molecule has 3 N–H and O–H groups in total. The van der Waals surface area contributed by atoms with Gasteiger partial charge in [0, 0.05) is 11.6 Å². The van der Waals surface area contributed by atoms with E-state index in [1.165, 1.54) is 19.2 Å². The Morgan fingerprint density at radius 1 is 1.32 bits per heavy atom. The number of aliphatic hydroxyl groups excluding tert-OH is 1. The fourth-order valence-corrected chi connectivity index (χ4v) is 1.85.